The van der Waals surface area contributed by atoms with Gasteiger partial charge in [0.05, 0.1) is 6.42 Å². The van der Waals surface area contributed by atoms with Crippen molar-refractivity contribution in [1.82, 2.24) is 0 Å². The molecule has 2 aromatic carbocycles. The highest BCUT2D eigenvalue weighted by Gasteiger charge is 2.31. The summed E-state index contributed by atoms with van der Waals surface area (Å²) in [5.41, 5.74) is 0.672. The number of benzene rings is 2. The van der Waals surface area contributed by atoms with Crippen molar-refractivity contribution in [3.8, 4) is 16.9 Å². The van der Waals surface area contributed by atoms with E-state index in [-0.39, 0.29) is 5.56 Å². The zero-order valence-corrected chi connectivity index (χ0v) is 11.0. The molecule has 2 rings (SSSR count). The molecule has 3 nitrogen and oxygen atoms in total. The molecule has 0 radical (unpaired) electrons. The van der Waals surface area contributed by atoms with Crippen molar-refractivity contribution < 1.29 is 32.2 Å². The fraction of sp³-hybridized carbons (Fsp3) is 0.133. The molecule has 0 saturated carbocycles. The van der Waals surface area contributed by atoms with Gasteiger partial charge in [-0.05, 0) is 29.3 Å². The van der Waals surface area contributed by atoms with E-state index in [1.54, 1.807) is 0 Å². The van der Waals surface area contributed by atoms with Crippen LogP contribution in [0, 0.1) is 5.82 Å². The molecular formula is C15H10F4O3. The molecule has 0 heterocycles. The molecule has 0 fully saturated rings. The summed E-state index contributed by atoms with van der Waals surface area (Å²) in [6.07, 6.45) is -5.32. The fourth-order valence-electron chi connectivity index (χ4n) is 2.00. The van der Waals surface area contributed by atoms with Gasteiger partial charge in [-0.1, -0.05) is 24.3 Å². The number of ether oxygens (including phenoxy) is 1. The quantitative estimate of drug-likeness (QED) is 0.867. The van der Waals surface area contributed by atoms with Crippen LogP contribution in [0.5, 0.6) is 5.75 Å². The zero-order chi connectivity index (χ0) is 16.3. The fourth-order valence-corrected chi connectivity index (χ4v) is 2.00. The van der Waals surface area contributed by atoms with Crippen LogP contribution in [0.3, 0.4) is 0 Å². The van der Waals surface area contributed by atoms with Gasteiger partial charge < -0.3 is 9.84 Å². The van der Waals surface area contributed by atoms with Crippen LogP contribution in [-0.2, 0) is 11.2 Å². The molecule has 0 bridgehead atoms. The van der Waals surface area contributed by atoms with Gasteiger partial charge in [0.15, 0.2) is 0 Å². The standard InChI is InChI=1S/C15H10F4O3/c16-13-3-1-2-11(12(13)8-14(20)21)9-4-6-10(7-5-9)22-15(17,18)19/h1-7H,8H2,(H,20,21). The van der Waals surface area contributed by atoms with Crippen LogP contribution >= 0.6 is 0 Å². The molecule has 0 aromatic heterocycles. The average Bonchev–Trinajstić information content (AvgIpc) is 2.40. The van der Waals surface area contributed by atoms with E-state index in [1.165, 1.54) is 24.3 Å². The lowest BCUT2D eigenvalue weighted by atomic mass is 9.97. The first-order valence-electron chi connectivity index (χ1n) is 6.11. The lowest BCUT2D eigenvalue weighted by molar-refractivity contribution is -0.274. The van der Waals surface area contributed by atoms with Crippen molar-refractivity contribution in [3.05, 3.63) is 53.8 Å². The molecule has 0 aliphatic heterocycles. The molecule has 2 aromatic rings. The minimum Gasteiger partial charge on any atom is -0.481 e. The summed E-state index contributed by atoms with van der Waals surface area (Å²) in [7, 11) is 0. The number of hydrogen-bond donors (Lipinski definition) is 1. The maximum Gasteiger partial charge on any atom is 0.573 e. The van der Waals surface area contributed by atoms with Crippen molar-refractivity contribution in [3.63, 3.8) is 0 Å². The Balaban J connectivity index is 2.36. The van der Waals surface area contributed by atoms with Crippen molar-refractivity contribution in [2.75, 3.05) is 0 Å². The van der Waals surface area contributed by atoms with Crippen LogP contribution in [0.15, 0.2) is 42.5 Å². The summed E-state index contributed by atoms with van der Waals surface area (Å²) in [5.74, 6) is -2.30. The minimum atomic E-state index is -4.80. The predicted octanol–water partition coefficient (Wildman–Crippen LogP) is 4.02. The number of alkyl halides is 3. The summed E-state index contributed by atoms with van der Waals surface area (Å²) in [6.45, 7) is 0. The van der Waals surface area contributed by atoms with Gasteiger partial charge in [-0.25, -0.2) is 4.39 Å². The molecule has 0 unspecified atom stereocenters. The van der Waals surface area contributed by atoms with E-state index in [9.17, 15) is 22.4 Å². The lowest BCUT2D eigenvalue weighted by Crippen LogP contribution is -2.16. The van der Waals surface area contributed by atoms with E-state index < -0.39 is 30.3 Å². The number of carboxylic acids is 1. The molecule has 7 heteroatoms. The maximum absolute atomic E-state index is 13.8. The van der Waals surface area contributed by atoms with Gasteiger partial charge in [0.1, 0.15) is 11.6 Å². The number of hydrogen-bond acceptors (Lipinski definition) is 2. The Bertz CT molecular complexity index is 678. The third kappa shape index (κ3) is 3.97. The van der Waals surface area contributed by atoms with Crippen molar-refractivity contribution >= 4 is 5.97 Å². The second-order valence-corrected chi connectivity index (χ2v) is 4.41. The topological polar surface area (TPSA) is 46.5 Å². The molecule has 22 heavy (non-hydrogen) atoms. The molecule has 0 spiro atoms. The Kier molecular flexibility index (Phi) is 4.35. The average molecular weight is 314 g/mol. The summed E-state index contributed by atoms with van der Waals surface area (Å²) in [4.78, 5) is 10.8. The Hall–Kier alpha value is -2.57. The van der Waals surface area contributed by atoms with Gasteiger partial charge in [0.2, 0.25) is 0 Å². The highest BCUT2D eigenvalue weighted by Crippen LogP contribution is 2.29. The Morgan fingerprint density at radius 2 is 1.73 bits per heavy atom. The zero-order valence-electron chi connectivity index (χ0n) is 11.0. The van der Waals surface area contributed by atoms with E-state index in [0.717, 1.165) is 18.2 Å². The van der Waals surface area contributed by atoms with Gasteiger partial charge in [0, 0.05) is 5.56 Å². The second kappa shape index (κ2) is 6.05. The number of halogens is 4. The van der Waals surface area contributed by atoms with Crippen LogP contribution in [-0.4, -0.2) is 17.4 Å². The molecule has 116 valence electrons. The monoisotopic (exact) mass is 314 g/mol. The van der Waals surface area contributed by atoms with E-state index in [4.69, 9.17) is 5.11 Å². The Morgan fingerprint density at radius 3 is 2.27 bits per heavy atom. The maximum atomic E-state index is 13.8. The van der Waals surface area contributed by atoms with Gasteiger partial charge in [-0.2, -0.15) is 0 Å². The molecule has 0 aliphatic rings. The van der Waals surface area contributed by atoms with E-state index >= 15 is 0 Å². The summed E-state index contributed by atoms with van der Waals surface area (Å²) >= 11 is 0. The van der Waals surface area contributed by atoms with Crippen molar-refractivity contribution in [2.45, 2.75) is 12.8 Å². The third-order valence-corrected chi connectivity index (χ3v) is 2.85. The van der Waals surface area contributed by atoms with Gasteiger partial charge in [-0.3, -0.25) is 4.79 Å². The van der Waals surface area contributed by atoms with Crippen LogP contribution in [0.25, 0.3) is 11.1 Å². The molecule has 0 saturated heterocycles. The van der Waals surface area contributed by atoms with Crippen LogP contribution in [0.4, 0.5) is 17.6 Å². The smallest absolute Gasteiger partial charge is 0.481 e. The normalized spacial score (nSPS) is 11.3. The number of aliphatic carboxylic acids is 1. The largest absolute Gasteiger partial charge is 0.573 e. The van der Waals surface area contributed by atoms with Crippen LogP contribution in [0.2, 0.25) is 0 Å². The Labute approximate surface area is 122 Å². The summed E-state index contributed by atoms with van der Waals surface area (Å²) < 4.78 is 53.8. The first-order chi connectivity index (χ1) is 10.3. The highest BCUT2D eigenvalue weighted by molar-refractivity contribution is 5.77. The van der Waals surface area contributed by atoms with Gasteiger partial charge >= 0.3 is 12.3 Å². The van der Waals surface area contributed by atoms with Crippen molar-refractivity contribution in [1.29, 1.82) is 0 Å². The van der Waals surface area contributed by atoms with Gasteiger partial charge in [-0.15, -0.1) is 13.2 Å². The lowest BCUT2D eigenvalue weighted by Gasteiger charge is -2.11. The summed E-state index contributed by atoms with van der Waals surface area (Å²) in [6, 6.07) is 8.80. The van der Waals surface area contributed by atoms with E-state index in [0.29, 0.717) is 11.1 Å². The predicted molar refractivity (Wildman–Crippen MR) is 69.9 cm³/mol. The Morgan fingerprint density at radius 1 is 1.09 bits per heavy atom. The highest BCUT2D eigenvalue weighted by atomic mass is 19.4. The van der Waals surface area contributed by atoms with E-state index in [2.05, 4.69) is 4.74 Å². The number of rotatable bonds is 4. The molecular weight excluding hydrogens is 304 g/mol. The minimum absolute atomic E-state index is 0.0283. The molecule has 1 N–H and O–H groups in total. The third-order valence-electron chi connectivity index (χ3n) is 2.85. The molecule has 0 atom stereocenters. The second-order valence-electron chi connectivity index (χ2n) is 4.41. The van der Waals surface area contributed by atoms with Crippen LogP contribution < -0.4 is 4.74 Å². The first-order valence-corrected chi connectivity index (χ1v) is 6.11. The van der Waals surface area contributed by atoms with Crippen LogP contribution in [0.1, 0.15) is 5.56 Å². The van der Waals surface area contributed by atoms with E-state index in [1.807, 2.05) is 0 Å². The van der Waals surface area contributed by atoms with Crippen molar-refractivity contribution in [2.24, 2.45) is 0 Å². The number of carbonyl (C=O) groups is 1. The molecule has 0 amide bonds. The number of carboxylic acid groups (broad SMARTS) is 1. The van der Waals surface area contributed by atoms with Gasteiger partial charge in [0.25, 0.3) is 0 Å². The SMILES string of the molecule is O=C(O)Cc1c(F)cccc1-c1ccc(OC(F)(F)F)cc1. The summed E-state index contributed by atoms with van der Waals surface area (Å²) in [5, 5.41) is 8.82. The molecule has 0 aliphatic carbocycles. The first kappa shape index (κ1) is 15.8.